The molecule has 0 saturated heterocycles. The smallest absolute Gasteiger partial charge is 0.257 e. The summed E-state index contributed by atoms with van der Waals surface area (Å²) in [7, 11) is 1.78. The summed E-state index contributed by atoms with van der Waals surface area (Å²) in [6.45, 7) is 0. The van der Waals surface area contributed by atoms with Gasteiger partial charge in [0.25, 0.3) is 5.91 Å². The second-order valence-corrected chi connectivity index (χ2v) is 5.72. The third-order valence-electron chi connectivity index (χ3n) is 2.98. The highest BCUT2D eigenvalue weighted by Crippen LogP contribution is 2.23. The van der Waals surface area contributed by atoms with Gasteiger partial charge >= 0.3 is 0 Å². The van der Waals surface area contributed by atoms with Crippen LogP contribution >= 0.6 is 15.9 Å². The molecule has 3 rings (SSSR count). The van der Waals surface area contributed by atoms with Crippen LogP contribution in [-0.2, 0) is 7.05 Å². The average Bonchev–Trinajstić information content (AvgIpc) is 2.93. The number of carbonyl (C=O) groups is 1. The fraction of sp³-hybridized carbons (Fsp3) is 0.0625. The first-order valence-corrected chi connectivity index (χ1v) is 7.59. The molecule has 3 aromatic rings. The molecular formula is C16H13BrN4O2. The SMILES string of the molecule is Cn1cc(NC(=O)c2ccc(Oc3cccc(Br)c3)nc2)cn1. The lowest BCUT2D eigenvalue weighted by Crippen LogP contribution is -2.11. The molecule has 0 bridgehead atoms. The summed E-state index contributed by atoms with van der Waals surface area (Å²) in [5, 5.41) is 6.74. The number of hydrogen-bond donors (Lipinski definition) is 1. The Morgan fingerprint density at radius 3 is 2.78 bits per heavy atom. The Morgan fingerprint density at radius 2 is 2.13 bits per heavy atom. The van der Waals surface area contributed by atoms with Crippen molar-refractivity contribution in [2.24, 2.45) is 7.05 Å². The first-order valence-electron chi connectivity index (χ1n) is 6.79. The molecule has 116 valence electrons. The zero-order chi connectivity index (χ0) is 16.2. The van der Waals surface area contributed by atoms with Crippen LogP contribution in [0.3, 0.4) is 0 Å². The Morgan fingerprint density at radius 1 is 1.26 bits per heavy atom. The van der Waals surface area contributed by atoms with Crippen molar-refractivity contribution in [3.05, 3.63) is 65.0 Å². The lowest BCUT2D eigenvalue weighted by Gasteiger charge is -2.06. The van der Waals surface area contributed by atoms with Gasteiger partial charge in [0.2, 0.25) is 5.88 Å². The highest BCUT2D eigenvalue weighted by atomic mass is 79.9. The van der Waals surface area contributed by atoms with Gasteiger partial charge in [-0.15, -0.1) is 0 Å². The minimum atomic E-state index is -0.250. The zero-order valence-electron chi connectivity index (χ0n) is 12.2. The van der Waals surface area contributed by atoms with E-state index in [1.54, 1.807) is 36.3 Å². The van der Waals surface area contributed by atoms with Crippen LogP contribution in [0.1, 0.15) is 10.4 Å². The maximum Gasteiger partial charge on any atom is 0.257 e. The largest absolute Gasteiger partial charge is 0.439 e. The van der Waals surface area contributed by atoms with Gasteiger partial charge in [0.15, 0.2) is 0 Å². The van der Waals surface area contributed by atoms with Gasteiger partial charge in [-0.25, -0.2) is 4.98 Å². The second kappa shape index (κ2) is 6.62. The molecule has 1 aromatic carbocycles. The van der Waals surface area contributed by atoms with Gasteiger partial charge in [-0.1, -0.05) is 22.0 Å². The molecule has 0 unspecified atom stereocenters. The molecule has 0 aliphatic carbocycles. The Hall–Kier alpha value is -2.67. The molecule has 0 saturated carbocycles. The van der Waals surface area contributed by atoms with Gasteiger partial charge in [-0.3, -0.25) is 9.48 Å². The molecule has 0 radical (unpaired) electrons. The lowest BCUT2D eigenvalue weighted by atomic mass is 10.2. The van der Waals surface area contributed by atoms with Gasteiger partial charge < -0.3 is 10.1 Å². The number of pyridine rings is 1. The number of amides is 1. The number of hydrogen-bond acceptors (Lipinski definition) is 4. The number of halogens is 1. The van der Waals surface area contributed by atoms with Gasteiger partial charge in [0.1, 0.15) is 5.75 Å². The van der Waals surface area contributed by atoms with Crippen LogP contribution in [-0.4, -0.2) is 20.7 Å². The van der Waals surface area contributed by atoms with Crippen molar-refractivity contribution < 1.29 is 9.53 Å². The number of rotatable bonds is 4. The summed E-state index contributed by atoms with van der Waals surface area (Å²) in [6, 6.07) is 10.8. The summed E-state index contributed by atoms with van der Waals surface area (Å²) >= 11 is 3.38. The Labute approximate surface area is 141 Å². The van der Waals surface area contributed by atoms with E-state index in [1.807, 2.05) is 24.3 Å². The third-order valence-corrected chi connectivity index (χ3v) is 3.47. The van der Waals surface area contributed by atoms with Crippen molar-refractivity contribution in [1.29, 1.82) is 0 Å². The number of benzene rings is 1. The highest BCUT2D eigenvalue weighted by Gasteiger charge is 2.08. The van der Waals surface area contributed by atoms with Crippen LogP contribution in [0.5, 0.6) is 11.6 Å². The molecule has 0 fully saturated rings. The summed E-state index contributed by atoms with van der Waals surface area (Å²) in [5.41, 5.74) is 1.07. The van der Waals surface area contributed by atoms with E-state index in [0.717, 1.165) is 4.47 Å². The molecule has 1 amide bonds. The maximum absolute atomic E-state index is 12.1. The molecule has 0 aliphatic rings. The van der Waals surface area contributed by atoms with E-state index in [1.165, 1.54) is 6.20 Å². The summed E-state index contributed by atoms with van der Waals surface area (Å²) < 4.78 is 8.16. The number of nitrogens with zero attached hydrogens (tertiary/aromatic N) is 3. The molecular weight excluding hydrogens is 360 g/mol. The van der Waals surface area contributed by atoms with Crippen LogP contribution in [0, 0.1) is 0 Å². The van der Waals surface area contributed by atoms with Gasteiger partial charge in [-0.2, -0.15) is 5.10 Å². The quantitative estimate of drug-likeness (QED) is 0.759. The van der Waals surface area contributed by atoms with Crippen LogP contribution in [0.2, 0.25) is 0 Å². The van der Waals surface area contributed by atoms with Gasteiger partial charge in [0, 0.05) is 30.0 Å². The lowest BCUT2D eigenvalue weighted by molar-refractivity contribution is 0.102. The second-order valence-electron chi connectivity index (χ2n) is 4.80. The molecule has 1 N–H and O–H groups in total. The minimum absolute atomic E-state index is 0.250. The topological polar surface area (TPSA) is 69.0 Å². The first kappa shape index (κ1) is 15.2. The molecule has 0 aliphatic heterocycles. The van der Waals surface area contributed by atoms with Crippen molar-refractivity contribution >= 4 is 27.5 Å². The molecule has 6 nitrogen and oxygen atoms in total. The summed E-state index contributed by atoms with van der Waals surface area (Å²) in [6.07, 6.45) is 4.77. The molecule has 0 atom stereocenters. The van der Waals surface area contributed by atoms with Crippen LogP contribution in [0.4, 0.5) is 5.69 Å². The number of nitrogens with one attached hydrogen (secondary N) is 1. The predicted octanol–water partition coefficient (Wildman–Crippen LogP) is 3.62. The number of carbonyl (C=O) groups excluding carboxylic acids is 1. The monoisotopic (exact) mass is 372 g/mol. The molecule has 2 aromatic heterocycles. The fourth-order valence-electron chi connectivity index (χ4n) is 1.92. The van der Waals surface area contributed by atoms with E-state index in [4.69, 9.17) is 4.74 Å². The van der Waals surface area contributed by atoms with Gasteiger partial charge in [-0.05, 0) is 24.3 Å². The predicted molar refractivity (Wildman–Crippen MR) is 89.6 cm³/mol. The van der Waals surface area contributed by atoms with E-state index < -0.39 is 0 Å². The van der Waals surface area contributed by atoms with Crippen LogP contribution in [0.15, 0.2) is 59.5 Å². The average molecular weight is 373 g/mol. The standard InChI is InChI=1S/C16H13BrN4O2/c1-21-10-13(9-19-21)20-16(22)11-5-6-15(18-8-11)23-14-4-2-3-12(17)7-14/h2-10H,1H3,(H,20,22). The van der Waals surface area contributed by atoms with E-state index in [-0.39, 0.29) is 5.91 Å². The number of aromatic nitrogens is 3. The van der Waals surface area contributed by atoms with E-state index in [2.05, 4.69) is 31.3 Å². The Bertz CT molecular complexity index is 830. The molecule has 23 heavy (non-hydrogen) atoms. The van der Waals surface area contributed by atoms with Crippen molar-refractivity contribution in [2.75, 3.05) is 5.32 Å². The summed E-state index contributed by atoms with van der Waals surface area (Å²) in [4.78, 5) is 16.3. The van der Waals surface area contributed by atoms with E-state index in [9.17, 15) is 4.79 Å². The number of ether oxygens (including phenoxy) is 1. The summed E-state index contributed by atoms with van der Waals surface area (Å²) in [5.74, 6) is 0.833. The molecule has 2 heterocycles. The molecule has 0 spiro atoms. The van der Waals surface area contributed by atoms with E-state index >= 15 is 0 Å². The van der Waals surface area contributed by atoms with Crippen molar-refractivity contribution in [1.82, 2.24) is 14.8 Å². The van der Waals surface area contributed by atoms with Crippen molar-refractivity contribution in [3.8, 4) is 11.6 Å². The normalized spacial score (nSPS) is 10.3. The number of anilines is 1. The maximum atomic E-state index is 12.1. The van der Waals surface area contributed by atoms with Crippen molar-refractivity contribution in [2.45, 2.75) is 0 Å². The first-order chi connectivity index (χ1) is 11.1. The van der Waals surface area contributed by atoms with Crippen molar-refractivity contribution in [3.63, 3.8) is 0 Å². The Kier molecular flexibility index (Phi) is 4.38. The Balaban J connectivity index is 1.68. The molecule has 7 heteroatoms. The number of aryl methyl sites for hydroxylation is 1. The van der Waals surface area contributed by atoms with Crippen LogP contribution in [0.25, 0.3) is 0 Å². The van der Waals surface area contributed by atoms with E-state index in [0.29, 0.717) is 22.9 Å². The third kappa shape index (κ3) is 3.95. The fourth-order valence-corrected chi connectivity index (χ4v) is 2.29. The van der Waals surface area contributed by atoms with Gasteiger partial charge in [0.05, 0.1) is 17.4 Å². The highest BCUT2D eigenvalue weighted by molar-refractivity contribution is 9.10. The minimum Gasteiger partial charge on any atom is -0.439 e. The van der Waals surface area contributed by atoms with Crippen LogP contribution < -0.4 is 10.1 Å². The zero-order valence-corrected chi connectivity index (χ0v) is 13.8.